The van der Waals surface area contributed by atoms with Crippen molar-refractivity contribution in [2.75, 3.05) is 30.5 Å². The number of aromatic nitrogens is 2. The van der Waals surface area contributed by atoms with Gasteiger partial charge in [-0.25, -0.2) is 18.4 Å². The predicted octanol–water partition coefficient (Wildman–Crippen LogP) is 1.68. The molecule has 1 aliphatic rings. The Morgan fingerprint density at radius 2 is 1.89 bits per heavy atom. The largest absolute Gasteiger partial charge is 0.356 e. The molecule has 0 spiro atoms. The highest BCUT2D eigenvalue weighted by atomic mass is 32.2. The predicted molar refractivity (Wildman–Crippen MR) is 104 cm³/mol. The van der Waals surface area contributed by atoms with Gasteiger partial charge in [0.25, 0.3) is 5.91 Å². The lowest BCUT2D eigenvalue weighted by Gasteiger charge is -2.25. The van der Waals surface area contributed by atoms with Crippen molar-refractivity contribution < 1.29 is 13.2 Å². The van der Waals surface area contributed by atoms with Crippen LogP contribution < -0.4 is 4.90 Å². The van der Waals surface area contributed by atoms with Crippen molar-refractivity contribution >= 4 is 21.6 Å². The molecule has 3 rings (SSSR count). The Morgan fingerprint density at radius 1 is 1.19 bits per heavy atom. The Kier molecular flexibility index (Phi) is 5.46. The second-order valence-corrected chi connectivity index (χ2v) is 9.20. The normalized spacial score (nSPS) is 18.3. The molecule has 7 nitrogen and oxygen atoms in total. The molecule has 1 aliphatic heterocycles. The van der Waals surface area contributed by atoms with Crippen LogP contribution in [0.15, 0.2) is 36.4 Å². The Balaban J connectivity index is 1.79. The third-order valence-electron chi connectivity index (χ3n) is 4.77. The van der Waals surface area contributed by atoms with Gasteiger partial charge in [0, 0.05) is 32.7 Å². The lowest BCUT2D eigenvalue weighted by Crippen LogP contribution is -2.34. The first kappa shape index (κ1) is 19.3. The number of rotatable bonds is 5. The summed E-state index contributed by atoms with van der Waals surface area (Å²) in [6, 6.07) is 11.3. The van der Waals surface area contributed by atoms with Gasteiger partial charge in [-0.1, -0.05) is 30.3 Å². The van der Waals surface area contributed by atoms with Crippen LogP contribution in [0.3, 0.4) is 0 Å². The van der Waals surface area contributed by atoms with Crippen LogP contribution in [0.25, 0.3) is 0 Å². The van der Waals surface area contributed by atoms with E-state index in [4.69, 9.17) is 0 Å². The zero-order chi connectivity index (χ0) is 19.6. The molecule has 0 saturated carbocycles. The maximum absolute atomic E-state index is 12.8. The van der Waals surface area contributed by atoms with Crippen molar-refractivity contribution in [3.8, 4) is 0 Å². The van der Waals surface area contributed by atoms with Gasteiger partial charge < -0.3 is 9.80 Å². The maximum Gasteiger partial charge on any atom is 0.272 e. The minimum Gasteiger partial charge on any atom is -0.356 e. The molecule has 0 radical (unpaired) electrons. The first-order valence-corrected chi connectivity index (χ1v) is 10.7. The van der Waals surface area contributed by atoms with E-state index in [1.165, 1.54) is 0 Å². The van der Waals surface area contributed by atoms with E-state index in [2.05, 4.69) is 9.97 Å². The summed E-state index contributed by atoms with van der Waals surface area (Å²) in [5.74, 6) is 1.16. The van der Waals surface area contributed by atoms with Crippen LogP contribution in [0.5, 0.6) is 0 Å². The molecule has 1 saturated heterocycles. The number of aryl methyl sites for hydroxylation is 1. The topological polar surface area (TPSA) is 83.5 Å². The smallest absolute Gasteiger partial charge is 0.272 e. The van der Waals surface area contributed by atoms with E-state index in [1.807, 2.05) is 42.3 Å². The van der Waals surface area contributed by atoms with Gasteiger partial charge in [-0.2, -0.15) is 0 Å². The maximum atomic E-state index is 12.8. The quantitative estimate of drug-likeness (QED) is 0.775. The van der Waals surface area contributed by atoms with Crippen molar-refractivity contribution in [2.24, 2.45) is 0 Å². The van der Waals surface area contributed by atoms with Crippen LogP contribution in [-0.4, -0.2) is 60.8 Å². The van der Waals surface area contributed by atoms with E-state index in [-0.39, 0.29) is 23.5 Å². The van der Waals surface area contributed by atoms with Crippen LogP contribution >= 0.6 is 0 Å². The number of benzene rings is 1. The average molecular weight is 388 g/mol. The molecule has 1 amide bonds. The summed E-state index contributed by atoms with van der Waals surface area (Å²) in [6.45, 7) is 2.21. The monoisotopic (exact) mass is 388 g/mol. The molecule has 1 fully saturated rings. The molecule has 1 unspecified atom stereocenters. The number of hydrogen-bond donors (Lipinski definition) is 0. The zero-order valence-corrected chi connectivity index (χ0v) is 16.6. The van der Waals surface area contributed by atoms with Crippen LogP contribution in [0.1, 0.15) is 28.3 Å². The summed E-state index contributed by atoms with van der Waals surface area (Å²) in [6.07, 6.45) is 0.569. The van der Waals surface area contributed by atoms with Crippen molar-refractivity contribution in [3.63, 3.8) is 0 Å². The number of nitrogens with zero attached hydrogens (tertiary/aromatic N) is 4. The fourth-order valence-electron chi connectivity index (χ4n) is 3.23. The highest BCUT2D eigenvalue weighted by Gasteiger charge is 2.31. The van der Waals surface area contributed by atoms with Gasteiger partial charge in [0.05, 0.1) is 11.5 Å². The summed E-state index contributed by atoms with van der Waals surface area (Å²) < 4.78 is 23.5. The molecular weight excluding hydrogens is 364 g/mol. The Morgan fingerprint density at radius 3 is 2.52 bits per heavy atom. The van der Waals surface area contributed by atoms with Crippen molar-refractivity contribution in [2.45, 2.75) is 25.9 Å². The van der Waals surface area contributed by atoms with E-state index in [0.29, 0.717) is 30.3 Å². The molecule has 0 bridgehead atoms. The van der Waals surface area contributed by atoms with Crippen LogP contribution in [0.2, 0.25) is 0 Å². The molecule has 2 heterocycles. The number of hydrogen-bond acceptors (Lipinski definition) is 6. The number of sulfone groups is 1. The van der Waals surface area contributed by atoms with E-state index >= 15 is 0 Å². The SMILES string of the molecule is Cc1nc(C(=O)N(C)Cc2ccccc2)cc(N(C)C2CCS(=O)(=O)C2)n1. The van der Waals surface area contributed by atoms with Crippen molar-refractivity contribution in [3.05, 3.63) is 53.5 Å². The first-order chi connectivity index (χ1) is 12.7. The van der Waals surface area contributed by atoms with Gasteiger partial charge in [0.15, 0.2) is 9.84 Å². The van der Waals surface area contributed by atoms with Gasteiger partial charge in [-0.3, -0.25) is 4.79 Å². The molecule has 8 heteroatoms. The lowest BCUT2D eigenvalue weighted by molar-refractivity contribution is 0.0779. The zero-order valence-electron chi connectivity index (χ0n) is 15.8. The molecule has 1 aromatic heterocycles. The van der Waals surface area contributed by atoms with E-state index in [0.717, 1.165) is 5.56 Å². The molecule has 1 aromatic carbocycles. The first-order valence-electron chi connectivity index (χ1n) is 8.83. The summed E-state index contributed by atoms with van der Waals surface area (Å²) >= 11 is 0. The second-order valence-electron chi connectivity index (χ2n) is 6.97. The van der Waals surface area contributed by atoms with Gasteiger partial charge in [0.2, 0.25) is 0 Å². The molecule has 1 atom stereocenters. The molecule has 0 N–H and O–H groups in total. The molecule has 2 aromatic rings. The molecule has 144 valence electrons. The Hall–Kier alpha value is -2.48. The molecule has 27 heavy (non-hydrogen) atoms. The van der Waals surface area contributed by atoms with Gasteiger partial charge in [0.1, 0.15) is 17.3 Å². The minimum absolute atomic E-state index is 0.115. The highest BCUT2D eigenvalue weighted by Crippen LogP contribution is 2.22. The summed E-state index contributed by atoms with van der Waals surface area (Å²) in [5, 5.41) is 0. The number of amides is 1. The summed E-state index contributed by atoms with van der Waals surface area (Å²) in [7, 11) is 0.557. The van der Waals surface area contributed by atoms with Gasteiger partial charge in [-0.05, 0) is 18.9 Å². The average Bonchev–Trinajstić information content (AvgIpc) is 3.00. The Bertz CT molecular complexity index is 931. The lowest BCUT2D eigenvalue weighted by atomic mass is 10.2. The van der Waals surface area contributed by atoms with Gasteiger partial charge >= 0.3 is 0 Å². The summed E-state index contributed by atoms with van der Waals surface area (Å²) in [5.41, 5.74) is 1.34. The van der Waals surface area contributed by atoms with E-state index in [9.17, 15) is 13.2 Å². The van der Waals surface area contributed by atoms with Crippen LogP contribution in [0.4, 0.5) is 5.82 Å². The molecular formula is C19H24N4O3S. The highest BCUT2D eigenvalue weighted by molar-refractivity contribution is 7.91. The Labute approximate surface area is 160 Å². The van der Waals surface area contributed by atoms with Crippen molar-refractivity contribution in [1.82, 2.24) is 14.9 Å². The minimum atomic E-state index is -2.99. The van der Waals surface area contributed by atoms with Crippen LogP contribution in [-0.2, 0) is 16.4 Å². The number of anilines is 1. The van der Waals surface area contributed by atoms with Crippen LogP contribution in [0, 0.1) is 6.92 Å². The third-order valence-corrected chi connectivity index (χ3v) is 6.52. The number of carbonyl (C=O) groups excluding carboxylic acids is 1. The second kappa shape index (κ2) is 7.64. The number of carbonyl (C=O) groups is 1. The van der Waals surface area contributed by atoms with E-state index in [1.54, 1.807) is 24.9 Å². The fraction of sp³-hybridized carbons (Fsp3) is 0.421. The standard InChI is InChI=1S/C19H24N4O3S/c1-14-20-17(19(24)22(2)12-15-7-5-4-6-8-15)11-18(21-14)23(3)16-9-10-27(25,26)13-16/h4-8,11,16H,9-10,12-13H2,1-3H3. The van der Waals surface area contributed by atoms with Crippen molar-refractivity contribution in [1.29, 1.82) is 0 Å². The van der Waals surface area contributed by atoms with Gasteiger partial charge in [-0.15, -0.1) is 0 Å². The third kappa shape index (κ3) is 4.63. The summed E-state index contributed by atoms with van der Waals surface area (Å²) in [4.78, 5) is 25.0. The van der Waals surface area contributed by atoms with E-state index < -0.39 is 9.84 Å². The fourth-order valence-corrected chi connectivity index (χ4v) is 5.01. The molecule has 0 aliphatic carbocycles.